The molecule has 316 valence electrons. The smallest absolute Gasteiger partial charge is 0.871 e. The standard InChI is InChI=1S/C38H30N10O11S3.3Na/c39-21-3-1-19-13-33(61(54,55)56)35(37(49)27(19)15-21)47-43-24-8-6-23(7-9-24)42-31-12-10-26(18-32(31)60(51,52)53)45-48-36-34(62(57,58)59)14-20-2-5-25(17-28(20)38(36)50)44-46-30-11-4-22(40)16-29(30)41;;;/h1-18,42,49-50H,39-41H2,(H,51,52,53)(H,54,55,56)(H,57,58,59);;;/q;3*+1/p-3. The summed E-state index contributed by atoms with van der Waals surface area (Å²) in [5, 5.41) is 53.1. The number of rotatable bonds is 11. The van der Waals surface area contributed by atoms with Gasteiger partial charge >= 0.3 is 88.7 Å². The Hall–Kier alpha value is -4.61. The summed E-state index contributed by atoms with van der Waals surface area (Å²) in [5.41, 5.74) is 16.9. The number of hydrogen-bond acceptors (Lipinski definition) is 19. The largest absolute Gasteiger partial charge is 1.00 e. The van der Waals surface area contributed by atoms with Gasteiger partial charge in [-0.3, -0.25) is 9.11 Å². The quantitative estimate of drug-likeness (QED) is 0.0364. The Bertz CT molecular complexity index is 3440. The monoisotopic (exact) mass is 964 g/mol. The zero-order valence-electron chi connectivity index (χ0n) is 34.1. The van der Waals surface area contributed by atoms with E-state index in [0.717, 1.165) is 24.3 Å². The van der Waals surface area contributed by atoms with Crippen molar-refractivity contribution >= 4 is 114 Å². The molecule has 0 spiro atoms. The fraction of sp³-hybridized carbons (Fsp3) is 0. The Morgan fingerprint density at radius 3 is 1.51 bits per heavy atom. The maximum absolute atomic E-state index is 13.6. The van der Waals surface area contributed by atoms with Crippen LogP contribution in [0.15, 0.2) is 155 Å². The molecule has 0 aliphatic heterocycles. The van der Waals surface area contributed by atoms with Crippen LogP contribution in [0.5, 0.6) is 11.5 Å². The SMILES string of the molecule is Nc1ccc(N=Nc2ccc3cc(S(=O)(=O)O)c(N=Nc4ccc(Nc5ccc(N=Nc6c(S(=O)(=O)O)cc7ccc(N)cc7c6[O-])cc5)c(S(=O)(=O)[O-])c4)c([O-])c3c2)c(N)c1.[Na+].[Na+].[Na+]. The van der Waals surface area contributed by atoms with Crippen molar-refractivity contribution in [3.05, 3.63) is 109 Å². The molecule has 21 nitrogen and oxygen atoms in total. The average molecular weight is 965 g/mol. The Morgan fingerprint density at radius 1 is 0.492 bits per heavy atom. The van der Waals surface area contributed by atoms with Crippen molar-refractivity contribution in [2.45, 2.75) is 14.7 Å². The van der Waals surface area contributed by atoms with Gasteiger partial charge in [0.05, 0.1) is 44.7 Å². The van der Waals surface area contributed by atoms with E-state index in [1.807, 2.05) is 0 Å². The van der Waals surface area contributed by atoms with Crippen LogP contribution in [0.1, 0.15) is 0 Å². The van der Waals surface area contributed by atoms with Gasteiger partial charge in [0.2, 0.25) is 0 Å². The Morgan fingerprint density at radius 2 is 0.954 bits per heavy atom. The van der Waals surface area contributed by atoms with Gasteiger partial charge in [0.25, 0.3) is 20.2 Å². The minimum absolute atomic E-state index is 0. The van der Waals surface area contributed by atoms with E-state index in [1.54, 1.807) is 6.07 Å². The molecule has 0 radical (unpaired) electrons. The first-order valence-corrected chi connectivity index (χ1v) is 21.6. The molecule has 9 N–H and O–H groups in total. The molecule has 0 saturated heterocycles. The van der Waals surface area contributed by atoms with Gasteiger partial charge in [-0.05, 0) is 119 Å². The normalized spacial score (nSPS) is 12.0. The molecule has 0 atom stereocenters. The van der Waals surface area contributed by atoms with Crippen LogP contribution >= 0.6 is 0 Å². The van der Waals surface area contributed by atoms with E-state index >= 15 is 0 Å². The molecule has 0 heterocycles. The van der Waals surface area contributed by atoms with Crippen molar-refractivity contribution < 1.29 is 138 Å². The summed E-state index contributed by atoms with van der Waals surface area (Å²) < 4.78 is 106. The molecule has 0 amide bonds. The predicted molar refractivity (Wildman–Crippen MR) is 223 cm³/mol. The van der Waals surface area contributed by atoms with Crippen LogP contribution in [0.4, 0.5) is 62.6 Å². The second-order valence-electron chi connectivity index (χ2n) is 13.2. The van der Waals surface area contributed by atoms with Crippen molar-refractivity contribution in [1.82, 2.24) is 0 Å². The number of anilines is 5. The van der Waals surface area contributed by atoms with Gasteiger partial charge in [0.1, 0.15) is 25.6 Å². The van der Waals surface area contributed by atoms with Crippen molar-refractivity contribution in [2.24, 2.45) is 30.7 Å². The third-order valence-electron chi connectivity index (χ3n) is 8.87. The Labute approximate surface area is 436 Å². The molecule has 27 heteroatoms. The maximum Gasteiger partial charge on any atom is 1.00 e. The van der Waals surface area contributed by atoms with Gasteiger partial charge in [-0.15, -0.1) is 15.3 Å². The number of azo groups is 3. The summed E-state index contributed by atoms with van der Waals surface area (Å²) in [7, 11) is -15.2. The second-order valence-corrected chi connectivity index (χ2v) is 17.3. The molecule has 0 saturated carbocycles. The molecular formula is C38H27N10Na3O11S3. The zero-order chi connectivity index (χ0) is 44.7. The number of nitrogens with one attached hydrogen (secondary N) is 1. The fourth-order valence-corrected chi connectivity index (χ4v) is 7.91. The minimum Gasteiger partial charge on any atom is -0.871 e. The average Bonchev–Trinajstić information content (AvgIpc) is 3.20. The van der Waals surface area contributed by atoms with Crippen molar-refractivity contribution in [3.8, 4) is 11.5 Å². The summed E-state index contributed by atoms with van der Waals surface area (Å²) in [4.78, 5) is -2.52. The zero-order valence-corrected chi connectivity index (χ0v) is 42.6. The molecule has 0 unspecified atom stereocenters. The number of nitrogens with zero attached hydrogens (tertiary/aromatic N) is 6. The van der Waals surface area contributed by atoms with Crippen molar-refractivity contribution in [3.63, 3.8) is 0 Å². The Kier molecular flexibility index (Phi) is 17.1. The van der Waals surface area contributed by atoms with Crippen molar-refractivity contribution in [2.75, 3.05) is 22.5 Å². The van der Waals surface area contributed by atoms with Gasteiger partial charge in [-0.1, -0.05) is 23.6 Å². The van der Waals surface area contributed by atoms with Crippen LogP contribution in [-0.4, -0.2) is 38.9 Å². The molecule has 65 heavy (non-hydrogen) atoms. The molecule has 0 aromatic heterocycles. The first kappa shape index (κ1) is 53.0. The van der Waals surface area contributed by atoms with E-state index < -0.39 is 67.9 Å². The van der Waals surface area contributed by atoms with E-state index in [9.17, 15) is 49.1 Å². The van der Waals surface area contributed by atoms with Gasteiger partial charge < -0.3 is 37.3 Å². The van der Waals surface area contributed by atoms with Crippen LogP contribution in [0.3, 0.4) is 0 Å². The summed E-state index contributed by atoms with van der Waals surface area (Å²) in [6.07, 6.45) is 0. The van der Waals surface area contributed by atoms with Gasteiger partial charge in [0.15, 0.2) is 0 Å². The van der Waals surface area contributed by atoms with E-state index in [4.69, 9.17) is 17.2 Å². The summed E-state index contributed by atoms with van der Waals surface area (Å²) in [6, 6.07) is 23.4. The summed E-state index contributed by atoms with van der Waals surface area (Å²) >= 11 is 0. The van der Waals surface area contributed by atoms with E-state index in [-0.39, 0.29) is 156 Å². The first-order chi connectivity index (χ1) is 29.2. The third-order valence-corrected chi connectivity index (χ3v) is 11.5. The minimum atomic E-state index is -5.23. The molecule has 7 aromatic carbocycles. The van der Waals surface area contributed by atoms with E-state index in [2.05, 4.69) is 36.0 Å². The predicted octanol–water partition coefficient (Wildman–Crippen LogP) is -1.71. The summed E-state index contributed by atoms with van der Waals surface area (Å²) in [6.45, 7) is 0. The summed E-state index contributed by atoms with van der Waals surface area (Å²) in [5.74, 6) is -1.87. The van der Waals surface area contributed by atoms with Crippen LogP contribution in [0.25, 0.3) is 21.5 Å². The van der Waals surface area contributed by atoms with Crippen LogP contribution in [-0.2, 0) is 30.4 Å². The molecule has 0 bridgehead atoms. The number of hydrogen-bond donors (Lipinski definition) is 6. The molecule has 7 rings (SSSR count). The van der Waals surface area contributed by atoms with Gasteiger partial charge in [-0.25, -0.2) is 8.42 Å². The number of nitrogens with two attached hydrogens (primary N) is 3. The molecule has 0 fully saturated rings. The number of nitrogen functional groups attached to an aromatic ring is 3. The second kappa shape index (κ2) is 20.9. The van der Waals surface area contributed by atoms with Gasteiger partial charge in [0, 0.05) is 17.1 Å². The Balaban J connectivity index is 0.00000308. The molecule has 7 aromatic rings. The third kappa shape index (κ3) is 12.2. The topological polar surface area (TPSA) is 376 Å². The number of fused-ring (bicyclic) bond motifs is 2. The first-order valence-electron chi connectivity index (χ1n) is 17.3. The number of benzene rings is 7. The molecule has 0 aliphatic rings. The maximum atomic E-state index is 13.6. The van der Waals surface area contributed by atoms with Gasteiger partial charge in [-0.2, -0.15) is 32.2 Å². The van der Waals surface area contributed by atoms with Crippen LogP contribution in [0.2, 0.25) is 0 Å². The van der Waals surface area contributed by atoms with Crippen molar-refractivity contribution in [1.29, 1.82) is 0 Å². The van der Waals surface area contributed by atoms with E-state index in [1.165, 1.54) is 78.9 Å². The van der Waals surface area contributed by atoms with E-state index in [0.29, 0.717) is 5.69 Å². The molecule has 0 aliphatic carbocycles. The van der Waals surface area contributed by atoms with Crippen LogP contribution < -0.4 is 121 Å². The molecular weight excluding hydrogens is 938 g/mol. The fourth-order valence-electron chi connectivity index (χ4n) is 5.95. The van der Waals surface area contributed by atoms with Crippen LogP contribution in [0, 0.1) is 0 Å².